The third-order valence-corrected chi connectivity index (χ3v) is 12.1. The molecule has 3 aliphatic carbocycles. The summed E-state index contributed by atoms with van der Waals surface area (Å²) < 4.78 is 0. The van der Waals surface area contributed by atoms with Gasteiger partial charge in [-0.1, -0.05) is 182 Å². The fraction of sp³-hybridized carbons (Fsp3) is 0.0545. The van der Waals surface area contributed by atoms with Gasteiger partial charge < -0.3 is 4.90 Å². The molecule has 0 radical (unpaired) electrons. The molecule has 3 aliphatic rings. The minimum atomic E-state index is -0.394. The van der Waals surface area contributed by atoms with Gasteiger partial charge in [-0.3, -0.25) is 0 Å². The summed E-state index contributed by atoms with van der Waals surface area (Å²) in [6, 6.07) is 72.0. The van der Waals surface area contributed by atoms with Crippen molar-refractivity contribution in [3.8, 4) is 44.5 Å². The maximum atomic E-state index is 2.44. The summed E-state index contributed by atoms with van der Waals surface area (Å²) in [6.07, 6.45) is 9.09. The largest absolute Gasteiger partial charge is 0.310 e. The second-order valence-electron chi connectivity index (χ2n) is 15.1. The van der Waals surface area contributed by atoms with Crippen molar-refractivity contribution in [1.29, 1.82) is 0 Å². The highest BCUT2D eigenvalue weighted by Crippen LogP contribution is 2.64. The lowest BCUT2D eigenvalue weighted by atomic mass is 9.70. The van der Waals surface area contributed by atoms with Crippen molar-refractivity contribution in [2.24, 2.45) is 0 Å². The van der Waals surface area contributed by atoms with Crippen LogP contribution in [0.1, 0.15) is 40.7 Å². The monoisotopic (exact) mass is 713 g/mol. The summed E-state index contributed by atoms with van der Waals surface area (Å²) in [6.45, 7) is 0. The number of hydrogen-bond acceptors (Lipinski definition) is 1. The molecule has 0 bridgehead atoms. The lowest BCUT2D eigenvalue weighted by Gasteiger charge is -2.31. The Balaban J connectivity index is 1.12. The first-order chi connectivity index (χ1) is 27.8. The van der Waals surface area contributed by atoms with Crippen LogP contribution >= 0.6 is 0 Å². The Morgan fingerprint density at radius 3 is 1.50 bits per heavy atom. The van der Waals surface area contributed by atoms with Crippen LogP contribution in [-0.4, -0.2) is 0 Å². The van der Waals surface area contributed by atoms with Crippen LogP contribution in [0.3, 0.4) is 0 Å². The van der Waals surface area contributed by atoms with E-state index in [4.69, 9.17) is 0 Å². The maximum absolute atomic E-state index is 2.44. The van der Waals surface area contributed by atoms with E-state index in [0.29, 0.717) is 0 Å². The number of para-hydroxylation sites is 1. The van der Waals surface area contributed by atoms with Crippen LogP contribution < -0.4 is 4.90 Å². The molecule has 1 nitrogen and oxygen atoms in total. The van der Waals surface area contributed by atoms with Crippen molar-refractivity contribution in [3.63, 3.8) is 0 Å². The first kappa shape index (κ1) is 32.5. The zero-order chi connectivity index (χ0) is 37.1. The number of benzene rings is 8. The van der Waals surface area contributed by atoms with Crippen LogP contribution in [0.2, 0.25) is 0 Å². The van der Waals surface area contributed by atoms with E-state index >= 15 is 0 Å². The van der Waals surface area contributed by atoms with Crippen LogP contribution in [0, 0.1) is 0 Å². The third kappa shape index (κ3) is 4.87. The summed E-state index contributed by atoms with van der Waals surface area (Å²) >= 11 is 0. The number of rotatable bonds is 6. The van der Waals surface area contributed by atoms with Gasteiger partial charge in [0.2, 0.25) is 0 Å². The van der Waals surface area contributed by atoms with Gasteiger partial charge in [0.15, 0.2) is 0 Å². The van der Waals surface area contributed by atoms with E-state index in [1.54, 1.807) is 0 Å². The molecule has 0 saturated carbocycles. The zero-order valence-corrected chi connectivity index (χ0v) is 31.1. The summed E-state index contributed by atoms with van der Waals surface area (Å²) in [4.78, 5) is 2.44. The van der Waals surface area contributed by atoms with Crippen molar-refractivity contribution in [2.75, 3.05) is 4.90 Å². The molecule has 56 heavy (non-hydrogen) atoms. The van der Waals surface area contributed by atoms with Gasteiger partial charge in [0.25, 0.3) is 0 Å². The predicted octanol–water partition coefficient (Wildman–Crippen LogP) is 14.6. The number of allylic oxidation sites excluding steroid dienone is 4. The predicted molar refractivity (Wildman–Crippen MR) is 235 cm³/mol. The fourth-order valence-corrected chi connectivity index (χ4v) is 9.76. The van der Waals surface area contributed by atoms with Gasteiger partial charge in [0.1, 0.15) is 0 Å². The summed E-state index contributed by atoms with van der Waals surface area (Å²) in [5.41, 5.74) is 21.1. The average Bonchev–Trinajstić information content (AvgIpc) is 3.76. The smallest absolute Gasteiger partial charge is 0.0725 e. The first-order valence-corrected chi connectivity index (χ1v) is 19.8. The molecular formula is C55H39N. The maximum Gasteiger partial charge on any atom is 0.0725 e. The summed E-state index contributed by atoms with van der Waals surface area (Å²) in [5, 5.41) is 0. The first-order valence-electron chi connectivity index (χ1n) is 19.8. The number of hydrogen-bond donors (Lipinski definition) is 0. The molecule has 0 atom stereocenters. The highest BCUT2D eigenvalue weighted by molar-refractivity contribution is 6.02. The zero-order valence-electron chi connectivity index (χ0n) is 31.1. The van der Waals surface area contributed by atoms with Gasteiger partial charge >= 0.3 is 0 Å². The average molecular weight is 714 g/mol. The molecular weight excluding hydrogens is 675 g/mol. The molecule has 0 aromatic heterocycles. The second-order valence-corrected chi connectivity index (χ2v) is 15.1. The van der Waals surface area contributed by atoms with Crippen molar-refractivity contribution < 1.29 is 0 Å². The Labute approximate surface area is 329 Å². The highest BCUT2D eigenvalue weighted by atomic mass is 15.1. The second kappa shape index (κ2) is 13.1. The quantitative estimate of drug-likeness (QED) is 0.166. The molecule has 8 aromatic carbocycles. The normalized spacial score (nSPS) is 14.1. The van der Waals surface area contributed by atoms with Crippen LogP contribution in [-0.2, 0) is 5.41 Å². The van der Waals surface area contributed by atoms with Crippen LogP contribution in [0.15, 0.2) is 212 Å². The van der Waals surface area contributed by atoms with E-state index in [0.717, 1.165) is 29.9 Å². The van der Waals surface area contributed by atoms with Crippen molar-refractivity contribution in [1.82, 2.24) is 0 Å². The molecule has 0 fully saturated rings. The van der Waals surface area contributed by atoms with E-state index in [2.05, 4.69) is 217 Å². The lowest BCUT2D eigenvalue weighted by molar-refractivity contribution is 0.794. The molecule has 0 heterocycles. The molecule has 0 saturated heterocycles. The Morgan fingerprint density at radius 1 is 0.357 bits per heavy atom. The van der Waals surface area contributed by atoms with E-state index in [9.17, 15) is 0 Å². The topological polar surface area (TPSA) is 3.24 Å². The number of anilines is 3. The Hall–Kier alpha value is -6.96. The van der Waals surface area contributed by atoms with Gasteiger partial charge in [0, 0.05) is 16.9 Å². The lowest BCUT2D eigenvalue weighted by Crippen LogP contribution is -2.25. The van der Waals surface area contributed by atoms with Crippen molar-refractivity contribution >= 4 is 22.6 Å². The highest BCUT2D eigenvalue weighted by Gasteiger charge is 2.52. The summed E-state index contributed by atoms with van der Waals surface area (Å²) in [7, 11) is 0. The van der Waals surface area contributed by atoms with E-state index < -0.39 is 5.41 Å². The molecule has 0 aliphatic heterocycles. The molecule has 1 spiro atoms. The number of fused-ring (bicyclic) bond motifs is 10. The Kier molecular flexibility index (Phi) is 7.60. The number of nitrogens with zero attached hydrogens (tertiary/aromatic N) is 1. The van der Waals surface area contributed by atoms with Gasteiger partial charge in [-0.2, -0.15) is 0 Å². The Morgan fingerprint density at radius 2 is 0.857 bits per heavy atom. The minimum Gasteiger partial charge on any atom is -0.310 e. The van der Waals surface area contributed by atoms with Gasteiger partial charge in [-0.25, -0.2) is 0 Å². The SMILES string of the molecule is C1=CC(c2ccc(N(c3ccc(-c4ccccc4)cc3)c3ccccc3-c3cccc4c3-c3ccccc3C43c4ccccc4-c4ccccc43)cc2)=CCC1. The fourth-order valence-electron chi connectivity index (χ4n) is 9.76. The summed E-state index contributed by atoms with van der Waals surface area (Å²) in [5.74, 6) is 0. The molecule has 0 unspecified atom stereocenters. The van der Waals surface area contributed by atoms with E-state index in [-0.39, 0.29) is 0 Å². The van der Waals surface area contributed by atoms with E-state index in [1.165, 1.54) is 77.9 Å². The molecule has 0 amide bonds. The van der Waals surface area contributed by atoms with E-state index in [1.807, 2.05) is 0 Å². The molecule has 11 rings (SSSR count). The minimum absolute atomic E-state index is 0.394. The van der Waals surface area contributed by atoms with Gasteiger partial charge in [-0.05, 0) is 116 Å². The van der Waals surface area contributed by atoms with Crippen LogP contribution in [0.25, 0.3) is 50.1 Å². The Bertz CT molecular complexity index is 2790. The molecule has 264 valence electrons. The standard InChI is InChI=1S/C55H39N/c1-3-16-38(17-4-1)40-30-34-42(35-31-40)56(43-36-32-41(33-37-43)39-18-5-2-6-19-39)53-29-14-10-22-46(53)47-24-15-28-52-54(47)48-23-9-13-27-51(48)55(52)49-25-11-7-20-44(49)45-21-8-12-26-50(45)55/h1,3-5,7-37H,2,6H2. The van der Waals surface area contributed by atoms with Crippen LogP contribution in [0.4, 0.5) is 17.1 Å². The van der Waals surface area contributed by atoms with Crippen molar-refractivity contribution in [2.45, 2.75) is 18.3 Å². The molecule has 1 heteroatoms. The van der Waals surface area contributed by atoms with Crippen LogP contribution in [0.5, 0.6) is 0 Å². The van der Waals surface area contributed by atoms with Gasteiger partial charge in [-0.15, -0.1) is 0 Å². The van der Waals surface area contributed by atoms with Gasteiger partial charge in [0.05, 0.1) is 11.1 Å². The third-order valence-electron chi connectivity index (χ3n) is 12.1. The molecule has 8 aromatic rings. The molecule has 0 N–H and O–H groups in total. The van der Waals surface area contributed by atoms with Crippen molar-refractivity contribution in [3.05, 3.63) is 240 Å².